The van der Waals surface area contributed by atoms with Gasteiger partial charge in [-0.05, 0) is 17.7 Å². The molecule has 1 rings (SSSR count). The SMILES string of the molecule is COC(=O)CC=Cc1ccc(OCC(=O)O)cc1. The standard InChI is InChI=1S/C13H14O5/c1-17-13(16)4-2-3-10-5-7-11(8-6-10)18-9-12(14)15/h2-3,5-8H,4,9H2,1H3,(H,14,15). The number of hydrogen-bond donors (Lipinski definition) is 1. The van der Waals surface area contributed by atoms with Crippen molar-refractivity contribution in [1.82, 2.24) is 0 Å². The number of rotatable bonds is 6. The Labute approximate surface area is 105 Å². The lowest BCUT2D eigenvalue weighted by Crippen LogP contribution is -2.09. The highest BCUT2D eigenvalue weighted by Crippen LogP contribution is 2.13. The smallest absolute Gasteiger partial charge is 0.341 e. The molecule has 0 amide bonds. The zero-order valence-electron chi connectivity index (χ0n) is 9.96. The van der Waals surface area contributed by atoms with Gasteiger partial charge in [-0.1, -0.05) is 24.3 Å². The number of ether oxygens (including phenoxy) is 2. The molecular weight excluding hydrogens is 236 g/mol. The van der Waals surface area contributed by atoms with Crippen molar-refractivity contribution in [1.29, 1.82) is 0 Å². The molecule has 5 heteroatoms. The molecule has 0 aromatic heterocycles. The van der Waals surface area contributed by atoms with Crippen LogP contribution in [0.3, 0.4) is 0 Å². The molecule has 0 unspecified atom stereocenters. The summed E-state index contributed by atoms with van der Waals surface area (Å²) in [4.78, 5) is 21.1. The van der Waals surface area contributed by atoms with Gasteiger partial charge in [-0.3, -0.25) is 4.79 Å². The molecule has 0 saturated carbocycles. The minimum absolute atomic E-state index is 0.216. The van der Waals surface area contributed by atoms with Gasteiger partial charge >= 0.3 is 11.9 Å². The highest BCUT2D eigenvalue weighted by atomic mass is 16.5. The first-order valence-corrected chi connectivity index (χ1v) is 5.30. The molecule has 96 valence electrons. The summed E-state index contributed by atoms with van der Waals surface area (Å²) < 4.78 is 9.48. The van der Waals surface area contributed by atoms with Gasteiger partial charge < -0.3 is 14.6 Å². The maximum atomic E-state index is 10.9. The van der Waals surface area contributed by atoms with E-state index in [0.29, 0.717) is 5.75 Å². The topological polar surface area (TPSA) is 72.8 Å². The average Bonchev–Trinajstić information content (AvgIpc) is 2.37. The fourth-order valence-electron chi connectivity index (χ4n) is 1.19. The molecule has 0 bridgehead atoms. The zero-order valence-corrected chi connectivity index (χ0v) is 9.96. The van der Waals surface area contributed by atoms with Crippen molar-refractivity contribution in [3.63, 3.8) is 0 Å². The van der Waals surface area contributed by atoms with Crippen LogP contribution in [-0.2, 0) is 14.3 Å². The Kier molecular flexibility index (Phi) is 5.44. The first kappa shape index (κ1) is 13.8. The summed E-state index contributed by atoms with van der Waals surface area (Å²) >= 11 is 0. The minimum atomic E-state index is -1.02. The number of esters is 1. The predicted octanol–water partition coefficient (Wildman–Crippen LogP) is 1.73. The number of carboxylic acids is 1. The summed E-state index contributed by atoms with van der Waals surface area (Å²) in [5.74, 6) is -0.827. The van der Waals surface area contributed by atoms with Crippen LogP contribution in [-0.4, -0.2) is 30.8 Å². The van der Waals surface area contributed by atoms with Gasteiger partial charge in [0.05, 0.1) is 13.5 Å². The molecule has 0 heterocycles. The van der Waals surface area contributed by atoms with E-state index in [4.69, 9.17) is 9.84 Å². The molecule has 0 aliphatic carbocycles. The molecule has 0 spiro atoms. The first-order valence-electron chi connectivity index (χ1n) is 5.30. The van der Waals surface area contributed by atoms with Gasteiger partial charge in [0.25, 0.3) is 0 Å². The van der Waals surface area contributed by atoms with Crippen molar-refractivity contribution in [3.8, 4) is 5.75 Å². The maximum absolute atomic E-state index is 10.9. The summed E-state index contributed by atoms with van der Waals surface area (Å²) in [6.07, 6.45) is 3.69. The lowest BCUT2D eigenvalue weighted by molar-refractivity contribution is -0.140. The predicted molar refractivity (Wildman–Crippen MR) is 65.2 cm³/mol. The summed E-state index contributed by atoms with van der Waals surface area (Å²) in [7, 11) is 1.34. The van der Waals surface area contributed by atoms with Gasteiger partial charge in [-0.15, -0.1) is 0 Å². The molecule has 1 aromatic rings. The van der Waals surface area contributed by atoms with Crippen molar-refractivity contribution in [2.75, 3.05) is 13.7 Å². The van der Waals surface area contributed by atoms with Crippen LogP contribution in [0, 0.1) is 0 Å². The monoisotopic (exact) mass is 250 g/mol. The van der Waals surface area contributed by atoms with Crippen LogP contribution in [0.2, 0.25) is 0 Å². The first-order chi connectivity index (χ1) is 8.61. The minimum Gasteiger partial charge on any atom is -0.482 e. The lowest BCUT2D eigenvalue weighted by Gasteiger charge is -2.02. The summed E-state index contributed by atoms with van der Waals surface area (Å²) in [6, 6.07) is 6.87. The van der Waals surface area contributed by atoms with Crippen LogP contribution >= 0.6 is 0 Å². The Morgan fingerprint density at radius 3 is 2.50 bits per heavy atom. The van der Waals surface area contributed by atoms with Crippen molar-refractivity contribution < 1.29 is 24.2 Å². The van der Waals surface area contributed by atoms with Crippen molar-refractivity contribution in [3.05, 3.63) is 35.9 Å². The van der Waals surface area contributed by atoms with Gasteiger partial charge in [-0.25, -0.2) is 4.79 Å². The van der Waals surface area contributed by atoms with E-state index in [1.807, 2.05) is 0 Å². The van der Waals surface area contributed by atoms with Gasteiger partial charge in [-0.2, -0.15) is 0 Å². The molecule has 1 N–H and O–H groups in total. The second-order valence-corrected chi connectivity index (χ2v) is 3.43. The number of methoxy groups -OCH3 is 1. The van der Waals surface area contributed by atoms with Crippen LogP contribution in [0.15, 0.2) is 30.3 Å². The Morgan fingerprint density at radius 1 is 1.28 bits per heavy atom. The van der Waals surface area contributed by atoms with E-state index >= 15 is 0 Å². The number of aliphatic carboxylic acids is 1. The van der Waals surface area contributed by atoms with Gasteiger partial charge in [0.2, 0.25) is 0 Å². The van der Waals surface area contributed by atoms with E-state index < -0.39 is 5.97 Å². The van der Waals surface area contributed by atoms with Gasteiger partial charge in [0, 0.05) is 0 Å². The van der Waals surface area contributed by atoms with E-state index in [0.717, 1.165) is 5.56 Å². The third kappa shape index (κ3) is 5.16. The van der Waals surface area contributed by atoms with Crippen molar-refractivity contribution in [2.45, 2.75) is 6.42 Å². The van der Waals surface area contributed by atoms with E-state index in [1.54, 1.807) is 36.4 Å². The molecule has 18 heavy (non-hydrogen) atoms. The average molecular weight is 250 g/mol. The summed E-state index contributed by atoms with van der Waals surface area (Å²) in [6.45, 7) is -0.364. The molecule has 1 aromatic carbocycles. The second kappa shape index (κ2) is 7.11. The van der Waals surface area contributed by atoms with Gasteiger partial charge in [0.15, 0.2) is 6.61 Å². The fraction of sp³-hybridized carbons (Fsp3) is 0.231. The third-order valence-electron chi connectivity index (χ3n) is 2.06. The second-order valence-electron chi connectivity index (χ2n) is 3.43. The third-order valence-corrected chi connectivity index (χ3v) is 2.06. The van der Waals surface area contributed by atoms with E-state index in [-0.39, 0.29) is 19.0 Å². The van der Waals surface area contributed by atoms with Crippen LogP contribution in [0.25, 0.3) is 6.08 Å². The number of carbonyl (C=O) groups excluding carboxylic acids is 1. The van der Waals surface area contributed by atoms with Gasteiger partial charge in [0.1, 0.15) is 5.75 Å². The highest BCUT2D eigenvalue weighted by molar-refractivity contribution is 5.72. The molecular formula is C13H14O5. The fourth-order valence-corrected chi connectivity index (χ4v) is 1.19. The maximum Gasteiger partial charge on any atom is 0.341 e. The van der Waals surface area contributed by atoms with E-state index in [2.05, 4.69) is 4.74 Å². The number of benzene rings is 1. The quantitative estimate of drug-likeness (QED) is 0.778. The Morgan fingerprint density at radius 2 is 1.94 bits per heavy atom. The van der Waals surface area contributed by atoms with Crippen molar-refractivity contribution >= 4 is 18.0 Å². The van der Waals surface area contributed by atoms with E-state index in [9.17, 15) is 9.59 Å². The molecule has 0 atom stereocenters. The zero-order chi connectivity index (χ0) is 13.4. The normalized spacial score (nSPS) is 10.3. The Bertz CT molecular complexity index is 433. The molecule has 0 aliphatic rings. The van der Waals surface area contributed by atoms with Crippen LogP contribution in [0.5, 0.6) is 5.75 Å². The molecule has 0 aliphatic heterocycles. The molecule has 0 fully saturated rings. The summed E-state index contributed by atoms with van der Waals surface area (Å²) in [5, 5.41) is 8.44. The molecule has 5 nitrogen and oxygen atoms in total. The molecule has 0 saturated heterocycles. The van der Waals surface area contributed by atoms with Crippen LogP contribution in [0.4, 0.5) is 0 Å². The Hall–Kier alpha value is -2.30. The Balaban J connectivity index is 2.49. The van der Waals surface area contributed by atoms with Crippen LogP contribution < -0.4 is 4.74 Å². The van der Waals surface area contributed by atoms with Crippen molar-refractivity contribution in [2.24, 2.45) is 0 Å². The van der Waals surface area contributed by atoms with E-state index in [1.165, 1.54) is 7.11 Å². The summed E-state index contributed by atoms with van der Waals surface area (Å²) in [5.41, 5.74) is 0.890. The lowest BCUT2D eigenvalue weighted by atomic mass is 10.2. The number of carboxylic acid groups (broad SMARTS) is 1. The number of carbonyl (C=O) groups is 2. The number of hydrogen-bond acceptors (Lipinski definition) is 4. The van der Waals surface area contributed by atoms with Crippen LogP contribution in [0.1, 0.15) is 12.0 Å². The molecule has 0 radical (unpaired) electrons. The highest BCUT2D eigenvalue weighted by Gasteiger charge is 1.98. The largest absolute Gasteiger partial charge is 0.482 e.